The number of aliphatic carboxylic acids is 1. The SMILES string of the molecule is O=C(O)C1(c2coc(C3CCOCC3)n2)CC1. The minimum absolute atomic E-state index is 0.280. The zero-order valence-corrected chi connectivity index (χ0v) is 9.52. The monoisotopic (exact) mass is 237 g/mol. The van der Waals surface area contributed by atoms with E-state index in [4.69, 9.17) is 9.15 Å². The minimum atomic E-state index is -0.788. The molecule has 0 aromatic carbocycles. The number of ether oxygens (including phenoxy) is 1. The van der Waals surface area contributed by atoms with Crippen molar-refractivity contribution in [3.63, 3.8) is 0 Å². The van der Waals surface area contributed by atoms with Crippen LogP contribution in [-0.2, 0) is 14.9 Å². The number of carbonyl (C=O) groups is 1. The summed E-state index contributed by atoms with van der Waals surface area (Å²) in [7, 11) is 0. The van der Waals surface area contributed by atoms with Crippen LogP contribution in [0.2, 0.25) is 0 Å². The van der Waals surface area contributed by atoms with Crippen LogP contribution in [0.25, 0.3) is 0 Å². The van der Waals surface area contributed by atoms with Crippen molar-refractivity contribution in [3.8, 4) is 0 Å². The summed E-state index contributed by atoms with van der Waals surface area (Å²) in [6.45, 7) is 1.46. The van der Waals surface area contributed by atoms with Gasteiger partial charge in [-0.2, -0.15) is 0 Å². The van der Waals surface area contributed by atoms with Crippen LogP contribution in [0.1, 0.15) is 43.2 Å². The highest BCUT2D eigenvalue weighted by molar-refractivity contribution is 5.84. The molecule has 2 aliphatic rings. The van der Waals surface area contributed by atoms with Crippen LogP contribution in [0.5, 0.6) is 0 Å². The number of carboxylic acids is 1. The molecule has 2 heterocycles. The number of aromatic nitrogens is 1. The normalized spacial score (nSPS) is 23.5. The molecule has 0 radical (unpaired) electrons. The molecule has 0 amide bonds. The van der Waals surface area contributed by atoms with E-state index in [1.54, 1.807) is 0 Å². The van der Waals surface area contributed by atoms with Crippen LogP contribution in [0.3, 0.4) is 0 Å². The Labute approximate surface area is 98.8 Å². The largest absolute Gasteiger partial charge is 0.481 e. The van der Waals surface area contributed by atoms with E-state index in [9.17, 15) is 9.90 Å². The van der Waals surface area contributed by atoms with Crippen molar-refractivity contribution in [3.05, 3.63) is 17.8 Å². The Balaban J connectivity index is 1.80. The molecule has 0 atom stereocenters. The summed E-state index contributed by atoms with van der Waals surface area (Å²) in [5.41, 5.74) is -0.168. The van der Waals surface area contributed by atoms with Crippen molar-refractivity contribution in [2.24, 2.45) is 0 Å². The predicted molar refractivity (Wildman–Crippen MR) is 57.8 cm³/mol. The molecule has 92 valence electrons. The molecule has 17 heavy (non-hydrogen) atoms. The van der Waals surface area contributed by atoms with Crippen LogP contribution in [0, 0.1) is 0 Å². The lowest BCUT2D eigenvalue weighted by Crippen LogP contribution is -2.20. The maximum Gasteiger partial charge on any atom is 0.315 e. The Bertz CT molecular complexity index is 429. The van der Waals surface area contributed by atoms with Gasteiger partial charge in [-0.15, -0.1) is 0 Å². The van der Waals surface area contributed by atoms with E-state index in [0.29, 0.717) is 24.4 Å². The molecule has 5 heteroatoms. The van der Waals surface area contributed by atoms with E-state index in [1.807, 2.05) is 0 Å². The maximum absolute atomic E-state index is 11.2. The van der Waals surface area contributed by atoms with E-state index in [0.717, 1.165) is 26.1 Å². The molecule has 5 nitrogen and oxygen atoms in total. The summed E-state index contributed by atoms with van der Waals surface area (Å²) < 4.78 is 10.7. The van der Waals surface area contributed by atoms with Crippen molar-refractivity contribution < 1.29 is 19.1 Å². The topological polar surface area (TPSA) is 72.6 Å². The van der Waals surface area contributed by atoms with Gasteiger partial charge in [0.05, 0.1) is 5.69 Å². The highest BCUT2D eigenvalue weighted by Crippen LogP contribution is 2.48. The molecule has 1 saturated carbocycles. The van der Waals surface area contributed by atoms with E-state index in [-0.39, 0.29) is 5.92 Å². The molecule has 3 rings (SSSR count). The van der Waals surface area contributed by atoms with Crippen LogP contribution >= 0.6 is 0 Å². The summed E-state index contributed by atoms with van der Waals surface area (Å²) in [6, 6.07) is 0. The third-order valence-corrected chi connectivity index (χ3v) is 3.74. The fourth-order valence-corrected chi connectivity index (χ4v) is 2.34. The maximum atomic E-state index is 11.2. The highest BCUT2D eigenvalue weighted by atomic mass is 16.5. The number of oxazole rings is 1. The van der Waals surface area contributed by atoms with Crippen molar-refractivity contribution in [2.45, 2.75) is 37.0 Å². The molecule has 0 bridgehead atoms. The Hall–Kier alpha value is -1.36. The minimum Gasteiger partial charge on any atom is -0.481 e. The lowest BCUT2D eigenvalue weighted by atomic mass is 10.00. The van der Waals surface area contributed by atoms with E-state index in [1.165, 1.54) is 6.26 Å². The van der Waals surface area contributed by atoms with Crippen LogP contribution < -0.4 is 0 Å². The van der Waals surface area contributed by atoms with Gasteiger partial charge in [-0.1, -0.05) is 0 Å². The zero-order valence-electron chi connectivity index (χ0n) is 9.52. The van der Waals surface area contributed by atoms with Gasteiger partial charge < -0.3 is 14.3 Å². The van der Waals surface area contributed by atoms with Crippen LogP contribution in [0.15, 0.2) is 10.7 Å². The summed E-state index contributed by atoms with van der Waals surface area (Å²) in [5, 5.41) is 9.18. The Kier molecular flexibility index (Phi) is 2.43. The van der Waals surface area contributed by atoms with Gasteiger partial charge in [0.15, 0.2) is 5.89 Å². The van der Waals surface area contributed by atoms with Gasteiger partial charge in [0.25, 0.3) is 0 Å². The van der Waals surface area contributed by atoms with Gasteiger partial charge in [0.2, 0.25) is 0 Å². The summed E-state index contributed by atoms with van der Waals surface area (Å²) in [5.74, 6) is 0.169. The third-order valence-electron chi connectivity index (χ3n) is 3.74. The van der Waals surface area contributed by atoms with Crippen molar-refractivity contribution >= 4 is 5.97 Å². The number of hydrogen-bond donors (Lipinski definition) is 1. The molecule has 1 N–H and O–H groups in total. The molecule has 0 unspecified atom stereocenters. The lowest BCUT2D eigenvalue weighted by Gasteiger charge is -2.18. The quantitative estimate of drug-likeness (QED) is 0.865. The van der Waals surface area contributed by atoms with Gasteiger partial charge in [0, 0.05) is 19.1 Å². The Morgan fingerprint density at radius 1 is 1.41 bits per heavy atom. The first kappa shape index (κ1) is 10.8. The third kappa shape index (κ3) is 1.74. The van der Waals surface area contributed by atoms with Gasteiger partial charge in [-0.05, 0) is 25.7 Å². The standard InChI is InChI=1S/C12H15NO4/c14-11(15)12(3-4-12)9-7-17-10(13-9)8-1-5-16-6-2-8/h7-8H,1-6H2,(H,14,15). The van der Waals surface area contributed by atoms with Crippen LogP contribution in [0.4, 0.5) is 0 Å². The highest BCUT2D eigenvalue weighted by Gasteiger charge is 2.54. The predicted octanol–water partition coefficient (Wildman–Crippen LogP) is 1.68. The molecule has 1 saturated heterocycles. The number of nitrogens with zero attached hydrogens (tertiary/aromatic N) is 1. The fraction of sp³-hybridized carbons (Fsp3) is 0.667. The van der Waals surface area contributed by atoms with Gasteiger partial charge in [-0.25, -0.2) is 4.98 Å². The average molecular weight is 237 g/mol. The first-order valence-electron chi connectivity index (χ1n) is 5.99. The van der Waals surface area contributed by atoms with E-state index >= 15 is 0 Å². The van der Waals surface area contributed by atoms with Gasteiger partial charge in [0.1, 0.15) is 11.7 Å². The molecular weight excluding hydrogens is 222 g/mol. The number of rotatable bonds is 3. The lowest BCUT2D eigenvalue weighted by molar-refractivity contribution is -0.140. The number of hydrogen-bond acceptors (Lipinski definition) is 4. The molecule has 1 aliphatic heterocycles. The molecule has 1 aliphatic carbocycles. The summed E-state index contributed by atoms with van der Waals surface area (Å²) in [4.78, 5) is 15.6. The Morgan fingerprint density at radius 3 is 2.71 bits per heavy atom. The second-order valence-corrected chi connectivity index (χ2v) is 4.84. The molecule has 0 spiro atoms. The smallest absolute Gasteiger partial charge is 0.315 e. The molecule has 1 aromatic rings. The van der Waals surface area contributed by atoms with Crippen molar-refractivity contribution in [1.29, 1.82) is 0 Å². The average Bonchev–Trinajstić information content (AvgIpc) is 3.02. The fourth-order valence-electron chi connectivity index (χ4n) is 2.34. The molecule has 1 aromatic heterocycles. The van der Waals surface area contributed by atoms with Gasteiger partial charge >= 0.3 is 5.97 Å². The first-order valence-corrected chi connectivity index (χ1v) is 5.99. The second kappa shape index (κ2) is 3.84. The number of carboxylic acid groups (broad SMARTS) is 1. The van der Waals surface area contributed by atoms with E-state index in [2.05, 4.69) is 4.98 Å². The summed E-state index contributed by atoms with van der Waals surface area (Å²) in [6.07, 6.45) is 4.66. The molecular formula is C12H15NO4. The Morgan fingerprint density at radius 2 is 2.12 bits per heavy atom. The second-order valence-electron chi connectivity index (χ2n) is 4.84. The van der Waals surface area contributed by atoms with Crippen molar-refractivity contribution in [2.75, 3.05) is 13.2 Å². The van der Waals surface area contributed by atoms with Crippen LogP contribution in [-0.4, -0.2) is 29.3 Å². The van der Waals surface area contributed by atoms with Gasteiger partial charge in [-0.3, -0.25) is 4.79 Å². The molecule has 2 fully saturated rings. The summed E-state index contributed by atoms with van der Waals surface area (Å²) >= 11 is 0. The van der Waals surface area contributed by atoms with Crippen molar-refractivity contribution in [1.82, 2.24) is 4.98 Å². The van der Waals surface area contributed by atoms with E-state index < -0.39 is 11.4 Å². The first-order chi connectivity index (χ1) is 8.22. The zero-order chi connectivity index (χ0) is 11.9.